The van der Waals surface area contributed by atoms with E-state index in [0.29, 0.717) is 50.0 Å². The van der Waals surface area contributed by atoms with Crippen LogP contribution in [0.25, 0.3) is 0 Å². The van der Waals surface area contributed by atoms with Gasteiger partial charge in [-0.15, -0.1) is 0 Å². The summed E-state index contributed by atoms with van der Waals surface area (Å²) < 4.78 is 11.9. The zero-order valence-electron chi connectivity index (χ0n) is 26.7. The number of nitrogens with zero attached hydrogens (tertiary/aromatic N) is 2. The van der Waals surface area contributed by atoms with E-state index in [1.165, 1.54) is 6.92 Å². The largest absolute Gasteiger partial charge is 0.504 e. The lowest BCUT2D eigenvalue weighted by Gasteiger charge is -2.23. The van der Waals surface area contributed by atoms with E-state index >= 15 is 0 Å². The maximum absolute atomic E-state index is 13.2. The summed E-state index contributed by atoms with van der Waals surface area (Å²) in [7, 11) is 3.59. The number of hydrogen-bond donors (Lipinski definition) is 4. The van der Waals surface area contributed by atoms with Gasteiger partial charge in [0.25, 0.3) is 0 Å². The van der Waals surface area contributed by atoms with Gasteiger partial charge < -0.3 is 36.1 Å². The molecule has 45 heavy (non-hydrogen) atoms. The summed E-state index contributed by atoms with van der Waals surface area (Å²) in [6.45, 7) is 2.25. The highest BCUT2D eigenvalue weighted by Gasteiger charge is 2.32. The van der Waals surface area contributed by atoms with Crippen LogP contribution in [-0.4, -0.2) is 75.4 Å². The van der Waals surface area contributed by atoms with Crippen LogP contribution in [0.3, 0.4) is 0 Å². The van der Waals surface area contributed by atoms with Crippen molar-refractivity contribution in [1.82, 2.24) is 4.90 Å². The van der Waals surface area contributed by atoms with Crippen LogP contribution in [0.1, 0.15) is 102 Å². The number of aromatic hydroxyl groups is 1. The second-order valence-electron chi connectivity index (χ2n) is 12.9. The van der Waals surface area contributed by atoms with E-state index in [0.717, 1.165) is 74.9 Å². The number of esters is 1. The van der Waals surface area contributed by atoms with Crippen molar-refractivity contribution in [2.45, 2.75) is 128 Å². The molecule has 4 rings (SSSR count). The molecule has 10 nitrogen and oxygen atoms in total. The van der Waals surface area contributed by atoms with Gasteiger partial charge in [0.2, 0.25) is 5.91 Å². The number of phenols is 1. The van der Waals surface area contributed by atoms with Gasteiger partial charge in [0.1, 0.15) is 6.10 Å². The lowest BCUT2D eigenvalue weighted by atomic mass is 9.98. The average molecular weight is 665 g/mol. The quantitative estimate of drug-likeness (QED) is 0.148. The molecule has 1 aromatic rings. The third-order valence-corrected chi connectivity index (χ3v) is 11.4. The number of fused-ring (bicyclic) bond motifs is 4. The molecule has 4 atom stereocenters. The van der Waals surface area contributed by atoms with Crippen molar-refractivity contribution in [3.05, 3.63) is 23.3 Å². The molecule has 0 unspecified atom stereocenters. The summed E-state index contributed by atoms with van der Waals surface area (Å²) in [6.07, 6.45) is 10.7. The fraction of sp³-hybridized carbons (Fsp3) is 0.727. The molecule has 2 aliphatic heterocycles. The molecule has 3 aliphatic rings. The zero-order valence-corrected chi connectivity index (χ0v) is 28.3. The summed E-state index contributed by atoms with van der Waals surface area (Å²) in [5.41, 5.74) is 13.1. The minimum Gasteiger partial charge on any atom is -0.504 e. The molecule has 12 heteroatoms. The van der Waals surface area contributed by atoms with Crippen LogP contribution in [0, 0.1) is 5.92 Å². The topological polar surface area (TPSA) is 161 Å². The number of guanidine groups is 1. The van der Waals surface area contributed by atoms with E-state index in [-0.39, 0.29) is 48.2 Å². The zero-order chi connectivity index (χ0) is 32.2. The molecular formula is C33H52N4O6S2. The predicted molar refractivity (Wildman–Crippen MR) is 181 cm³/mol. The Morgan fingerprint density at radius 3 is 2.51 bits per heavy atom. The lowest BCUT2D eigenvalue weighted by Crippen LogP contribution is -2.28. The number of ether oxygens (including phenoxy) is 2. The standard InChI is InChI=1S/C33H52N4O6S2/c1-22(38)42-29-12-11-23-14-25(32(41)30(16-23)43-28-9-5-6-10-28)20-37-19-24(17-31(37)40)15-26(36-33(34)35)21-45-44-13-7-3-2-4-8-27(39)18-29/h14,16,24,26-29,39,41H,2-13,15,17-21H2,1H3,(H4,34,35,36)/t24-,26-,27+,29-/m1/s1. The third kappa shape index (κ3) is 12.1. The van der Waals surface area contributed by atoms with Crippen LogP contribution in [-0.2, 0) is 27.3 Å². The lowest BCUT2D eigenvalue weighted by molar-refractivity contribution is -0.148. The van der Waals surface area contributed by atoms with Gasteiger partial charge in [0.15, 0.2) is 17.5 Å². The molecule has 1 aliphatic carbocycles. The van der Waals surface area contributed by atoms with Gasteiger partial charge in [0.05, 0.1) is 18.2 Å². The van der Waals surface area contributed by atoms with Crippen LogP contribution in [0.2, 0.25) is 0 Å². The van der Waals surface area contributed by atoms with Crippen LogP contribution in [0.5, 0.6) is 11.5 Å². The number of phenolic OH excluding ortho intramolecular Hbond substituents is 1. The Kier molecular flexibility index (Phi) is 14.3. The Morgan fingerprint density at radius 2 is 1.76 bits per heavy atom. The van der Waals surface area contributed by atoms with E-state index in [9.17, 15) is 19.8 Å². The molecule has 6 N–H and O–H groups in total. The number of aliphatic imine (C=N–C) groups is 1. The van der Waals surface area contributed by atoms with Gasteiger partial charge in [-0.1, -0.05) is 46.9 Å². The minimum atomic E-state index is -0.542. The summed E-state index contributed by atoms with van der Waals surface area (Å²) in [4.78, 5) is 31.4. The van der Waals surface area contributed by atoms with E-state index in [4.69, 9.17) is 20.9 Å². The number of carbonyl (C=O) groups is 2. The van der Waals surface area contributed by atoms with Crippen molar-refractivity contribution in [1.29, 1.82) is 0 Å². The van der Waals surface area contributed by atoms with Crippen LogP contribution in [0.4, 0.5) is 0 Å². The summed E-state index contributed by atoms with van der Waals surface area (Å²) in [6, 6.07) is 3.75. The van der Waals surface area contributed by atoms with E-state index in [1.807, 2.05) is 27.8 Å². The van der Waals surface area contributed by atoms with Gasteiger partial charge in [-0.25, -0.2) is 4.99 Å². The smallest absolute Gasteiger partial charge is 0.302 e. The van der Waals surface area contributed by atoms with Crippen molar-refractivity contribution >= 4 is 39.4 Å². The van der Waals surface area contributed by atoms with Crippen molar-refractivity contribution in [3.63, 3.8) is 0 Å². The molecule has 1 amide bonds. The van der Waals surface area contributed by atoms with Gasteiger partial charge >= 0.3 is 5.97 Å². The van der Waals surface area contributed by atoms with E-state index in [2.05, 4.69) is 4.99 Å². The van der Waals surface area contributed by atoms with E-state index < -0.39 is 12.2 Å². The molecule has 2 fully saturated rings. The first kappa shape index (κ1) is 35.5. The van der Waals surface area contributed by atoms with Crippen LogP contribution >= 0.6 is 21.6 Å². The number of aliphatic hydroxyl groups excluding tert-OH is 1. The number of carbonyl (C=O) groups excluding carboxylic acids is 2. The van der Waals surface area contributed by atoms with Crippen molar-refractivity contribution < 1.29 is 29.3 Å². The van der Waals surface area contributed by atoms with Crippen molar-refractivity contribution in [2.24, 2.45) is 22.4 Å². The Hall–Kier alpha value is -2.31. The molecule has 1 aromatic carbocycles. The molecule has 0 spiro atoms. The molecule has 0 radical (unpaired) electrons. The highest BCUT2D eigenvalue weighted by Crippen LogP contribution is 2.38. The molecule has 4 bridgehead atoms. The second kappa shape index (κ2) is 18.1. The molecule has 252 valence electrons. The number of aliphatic hydroxyl groups is 1. The minimum absolute atomic E-state index is 0.0481. The fourth-order valence-electron chi connectivity index (χ4n) is 6.68. The Balaban J connectivity index is 1.56. The summed E-state index contributed by atoms with van der Waals surface area (Å²) in [5.74, 6) is 2.19. The Labute approximate surface area is 275 Å². The normalized spacial score (nSPS) is 26.7. The third-order valence-electron chi connectivity index (χ3n) is 8.88. The van der Waals surface area contributed by atoms with Gasteiger partial charge in [-0.3, -0.25) is 9.59 Å². The summed E-state index contributed by atoms with van der Waals surface area (Å²) in [5, 5.41) is 22.1. The number of rotatable bonds is 4. The van der Waals surface area contributed by atoms with E-state index in [1.54, 1.807) is 10.8 Å². The monoisotopic (exact) mass is 664 g/mol. The first-order valence-corrected chi connectivity index (χ1v) is 19.1. The first-order chi connectivity index (χ1) is 21.7. The van der Waals surface area contributed by atoms with Gasteiger partial charge in [0, 0.05) is 49.9 Å². The average Bonchev–Trinajstić information content (AvgIpc) is 3.61. The maximum Gasteiger partial charge on any atom is 0.302 e. The molecular weight excluding hydrogens is 613 g/mol. The van der Waals surface area contributed by atoms with Gasteiger partial charge in [-0.05, 0) is 75.3 Å². The number of nitrogens with two attached hydrogens (primary N) is 2. The molecule has 2 heterocycles. The van der Waals surface area contributed by atoms with Crippen LogP contribution < -0.4 is 16.2 Å². The number of benzene rings is 1. The first-order valence-electron chi connectivity index (χ1n) is 16.6. The van der Waals surface area contributed by atoms with Gasteiger partial charge in [-0.2, -0.15) is 0 Å². The molecule has 1 saturated carbocycles. The fourth-order valence-corrected chi connectivity index (χ4v) is 9.05. The number of amides is 1. The highest BCUT2D eigenvalue weighted by atomic mass is 33.1. The summed E-state index contributed by atoms with van der Waals surface area (Å²) >= 11 is 0. The Morgan fingerprint density at radius 1 is 1.00 bits per heavy atom. The number of hydrogen-bond acceptors (Lipinski definition) is 9. The second-order valence-corrected chi connectivity index (χ2v) is 15.5. The number of aryl methyl sites for hydroxylation is 1. The highest BCUT2D eigenvalue weighted by molar-refractivity contribution is 8.76. The maximum atomic E-state index is 13.2. The predicted octanol–water partition coefficient (Wildman–Crippen LogP) is 5.06. The van der Waals surface area contributed by atoms with Crippen molar-refractivity contribution in [2.75, 3.05) is 18.1 Å². The molecule has 1 saturated heterocycles. The molecule has 0 aromatic heterocycles. The van der Waals surface area contributed by atoms with Crippen molar-refractivity contribution in [3.8, 4) is 11.5 Å². The Bertz CT molecular complexity index is 1140. The SMILES string of the molecule is CC(=O)O[C@@H]1CCc2cc(c(O)c(OC3CCCC3)c2)CN2C[C@@H](CC2=O)C[C@@H](N=C(N)N)CSSCCCCCC[C@H](O)C1. The van der Waals surface area contributed by atoms with Crippen LogP contribution in [0.15, 0.2) is 17.1 Å².